The van der Waals surface area contributed by atoms with E-state index in [0.717, 1.165) is 42.7 Å². The summed E-state index contributed by atoms with van der Waals surface area (Å²) in [6.07, 6.45) is 5.59. The van der Waals surface area contributed by atoms with Gasteiger partial charge in [-0.25, -0.2) is 4.79 Å². The van der Waals surface area contributed by atoms with Crippen molar-refractivity contribution >= 4 is 11.9 Å². The van der Waals surface area contributed by atoms with Gasteiger partial charge in [0.1, 0.15) is 6.04 Å². The summed E-state index contributed by atoms with van der Waals surface area (Å²) in [5, 5.41) is 9.57. The molecule has 1 aliphatic carbocycles. The Labute approximate surface area is 137 Å². The van der Waals surface area contributed by atoms with E-state index in [1.165, 1.54) is 6.42 Å². The Hall–Kier alpha value is -1.84. The first-order valence-electron chi connectivity index (χ1n) is 8.70. The summed E-state index contributed by atoms with van der Waals surface area (Å²) in [6, 6.07) is 7.14. The lowest BCUT2D eigenvalue weighted by Crippen LogP contribution is -2.51. The molecular weight excluding hydrogens is 290 g/mol. The van der Waals surface area contributed by atoms with Gasteiger partial charge in [0.05, 0.1) is 0 Å². The topological polar surface area (TPSA) is 57.6 Å². The normalized spacial score (nSPS) is 27.3. The molecule has 3 rings (SSSR count). The van der Waals surface area contributed by atoms with Crippen molar-refractivity contribution < 1.29 is 14.7 Å². The van der Waals surface area contributed by atoms with E-state index >= 15 is 0 Å². The molecule has 1 aromatic rings. The highest BCUT2D eigenvalue weighted by molar-refractivity contribution is 5.86. The Morgan fingerprint density at radius 3 is 2.39 bits per heavy atom. The number of carbonyl (C=O) groups excluding carboxylic acids is 1. The average molecular weight is 315 g/mol. The molecule has 1 aromatic carbocycles. The number of amides is 1. The van der Waals surface area contributed by atoms with Gasteiger partial charge in [-0.1, -0.05) is 37.6 Å². The first kappa shape index (κ1) is 16.0. The van der Waals surface area contributed by atoms with Crippen molar-refractivity contribution in [2.45, 2.75) is 58.0 Å². The molecule has 1 atom stereocenters. The van der Waals surface area contributed by atoms with Crippen LogP contribution in [0, 0.1) is 11.8 Å². The average Bonchev–Trinajstić information content (AvgIpc) is 2.60. The van der Waals surface area contributed by atoms with Crippen LogP contribution in [0.3, 0.4) is 0 Å². The summed E-state index contributed by atoms with van der Waals surface area (Å²) in [5.74, 6) is -0.113. The predicted octanol–water partition coefficient (Wildman–Crippen LogP) is 3.24. The quantitative estimate of drug-likeness (QED) is 0.931. The van der Waals surface area contributed by atoms with Crippen LogP contribution in [0.4, 0.5) is 0 Å². The Bertz CT molecular complexity index is 590. The maximum atomic E-state index is 12.9. The van der Waals surface area contributed by atoms with E-state index in [9.17, 15) is 14.7 Å². The van der Waals surface area contributed by atoms with Crippen LogP contribution in [0.1, 0.15) is 50.2 Å². The van der Waals surface area contributed by atoms with Gasteiger partial charge in [-0.05, 0) is 42.7 Å². The summed E-state index contributed by atoms with van der Waals surface area (Å²) >= 11 is 0. The molecule has 1 heterocycles. The van der Waals surface area contributed by atoms with Crippen LogP contribution < -0.4 is 0 Å². The molecule has 1 saturated carbocycles. The van der Waals surface area contributed by atoms with Crippen LogP contribution in [0.15, 0.2) is 24.3 Å². The van der Waals surface area contributed by atoms with E-state index in [2.05, 4.69) is 6.92 Å². The largest absolute Gasteiger partial charge is 0.480 e. The van der Waals surface area contributed by atoms with Crippen molar-refractivity contribution in [3.63, 3.8) is 0 Å². The molecule has 0 spiro atoms. The first-order valence-corrected chi connectivity index (χ1v) is 8.70. The fourth-order valence-electron chi connectivity index (χ4n) is 4.03. The van der Waals surface area contributed by atoms with Crippen LogP contribution >= 0.6 is 0 Å². The molecule has 124 valence electrons. The van der Waals surface area contributed by atoms with Crippen molar-refractivity contribution in [3.05, 3.63) is 35.4 Å². The fraction of sp³-hybridized carbons (Fsp3) is 0.579. The van der Waals surface area contributed by atoms with E-state index in [4.69, 9.17) is 0 Å². The van der Waals surface area contributed by atoms with Gasteiger partial charge in [0.25, 0.3) is 0 Å². The number of hydrogen-bond acceptors (Lipinski definition) is 2. The minimum Gasteiger partial charge on any atom is -0.480 e. The Morgan fingerprint density at radius 2 is 1.78 bits per heavy atom. The number of carboxylic acid groups (broad SMARTS) is 1. The molecule has 1 N–H and O–H groups in total. The molecule has 4 heteroatoms. The minimum absolute atomic E-state index is 0.00455. The number of carboxylic acids is 1. The summed E-state index contributed by atoms with van der Waals surface area (Å²) in [5.41, 5.74) is 2.14. The van der Waals surface area contributed by atoms with Crippen LogP contribution in [0.2, 0.25) is 0 Å². The number of fused-ring (bicyclic) bond motifs is 1. The standard InChI is InChI=1S/C19H25NO3/c1-2-13-7-9-14(10-8-13)18(21)20-12-16-6-4-3-5-15(16)11-17(20)19(22)23/h3-6,13-14,17H,2,7-12H2,1H3,(H,22,23). The highest BCUT2D eigenvalue weighted by Crippen LogP contribution is 2.34. The molecule has 0 bridgehead atoms. The van der Waals surface area contributed by atoms with E-state index in [-0.39, 0.29) is 11.8 Å². The molecule has 1 amide bonds. The SMILES string of the molecule is CCC1CCC(C(=O)N2Cc3ccccc3CC2C(=O)O)CC1. The van der Waals surface area contributed by atoms with Crippen LogP contribution in [-0.4, -0.2) is 27.9 Å². The molecule has 1 unspecified atom stereocenters. The van der Waals surface area contributed by atoms with Gasteiger partial charge in [-0.3, -0.25) is 4.79 Å². The van der Waals surface area contributed by atoms with Gasteiger partial charge < -0.3 is 10.0 Å². The number of aliphatic carboxylic acids is 1. The van der Waals surface area contributed by atoms with E-state index in [1.807, 2.05) is 24.3 Å². The Balaban J connectivity index is 1.77. The van der Waals surface area contributed by atoms with E-state index in [1.54, 1.807) is 4.90 Å². The van der Waals surface area contributed by atoms with Crippen molar-refractivity contribution in [3.8, 4) is 0 Å². The fourth-order valence-corrected chi connectivity index (χ4v) is 4.03. The van der Waals surface area contributed by atoms with Gasteiger partial charge in [-0.15, -0.1) is 0 Å². The number of carbonyl (C=O) groups is 2. The van der Waals surface area contributed by atoms with Crippen LogP contribution in [0.5, 0.6) is 0 Å². The third kappa shape index (κ3) is 3.26. The summed E-state index contributed by atoms with van der Waals surface area (Å²) < 4.78 is 0. The summed E-state index contributed by atoms with van der Waals surface area (Å²) in [4.78, 5) is 26.2. The number of hydrogen-bond donors (Lipinski definition) is 1. The Kier molecular flexibility index (Phi) is 4.69. The van der Waals surface area contributed by atoms with Crippen molar-refractivity contribution in [1.82, 2.24) is 4.90 Å². The highest BCUT2D eigenvalue weighted by Gasteiger charge is 2.38. The van der Waals surface area contributed by atoms with Gasteiger partial charge in [-0.2, -0.15) is 0 Å². The predicted molar refractivity (Wildman–Crippen MR) is 87.9 cm³/mol. The van der Waals surface area contributed by atoms with Gasteiger partial charge in [0, 0.05) is 18.9 Å². The zero-order valence-corrected chi connectivity index (χ0v) is 13.7. The molecule has 0 aromatic heterocycles. The second-order valence-electron chi connectivity index (χ2n) is 6.92. The summed E-state index contributed by atoms with van der Waals surface area (Å²) in [6.45, 7) is 2.63. The lowest BCUT2D eigenvalue weighted by Gasteiger charge is -2.38. The van der Waals surface area contributed by atoms with Gasteiger partial charge in [0.2, 0.25) is 5.91 Å². The molecule has 23 heavy (non-hydrogen) atoms. The van der Waals surface area contributed by atoms with E-state index < -0.39 is 12.0 Å². The highest BCUT2D eigenvalue weighted by atomic mass is 16.4. The number of nitrogens with zero attached hydrogens (tertiary/aromatic N) is 1. The van der Waals surface area contributed by atoms with Crippen LogP contribution in [-0.2, 0) is 22.6 Å². The van der Waals surface area contributed by atoms with Gasteiger partial charge >= 0.3 is 5.97 Å². The molecular formula is C19H25NO3. The third-order valence-corrected chi connectivity index (χ3v) is 5.59. The molecule has 0 saturated heterocycles. The van der Waals surface area contributed by atoms with Crippen molar-refractivity contribution in [2.75, 3.05) is 0 Å². The molecule has 0 radical (unpaired) electrons. The molecule has 1 aliphatic heterocycles. The zero-order valence-electron chi connectivity index (χ0n) is 13.7. The zero-order chi connectivity index (χ0) is 16.4. The first-order chi connectivity index (χ1) is 11.1. The van der Waals surface area contributed by atoms with Crippen molar-refractivity contribution in [1.29, 1.82) is 0 Å². The molecule has 1 fully saturated rings. The Morgan fingerprint density at radius 1 is 1.13 bits per heavy atom. The van der Waals surface area contributed by atoms with E-state index in [0.29, 0.717) is 13.0 Å². The summed E-state index contributed by atoms with van der Waals surface area (Å²) in [7, 11) is 0. The maximum absolute atomic E-state index is 12.9. The lowest BCUT2D eigenvalue weighted by atomic mass is 9.79. The van der Waals surface area contributed by atoms with Crippen LogP contribution in [0.25, 0.3) is 0 Å². The third-order valence-electron chi connectivity index (χ3n) is 5.59. The smallest absolute Gasteiger partial charge is 0.326 e. The second-order valence-corrected chi connectivity index (χ2v) is 6.92. The number of benzene rings is 1. The maximum Gasteiger partial charge on any atom is 0.326 e. The number of rotatable bonds is 3. The molecule has 2 aliphatic rings. The van der Waals surface area contributed by atoms with Gasteiger partial charge in [0.15, 0.2) is 0 Å². The lowest BCUT2D eigenvalue weighted by molar-refractivity contribution is -0.154. The second kappa shape index (κ2) is 6.73. The molecule has 4 nitrogen and oxygen atoms in total. The van der Waals surface area contributed by atoms with Crippen molar-refractivity contribution in [2.24, 2.45) is 11.8 Å². The monoisotopic (exact) mass is 315 g/mol. The minimum atomic E-state index is -0.893.